The van der Waals surface area contributed by atoms with E-state index in [0.29, 0.717) is 0 Å². The SMILES string of the molecule is OCC1c2ccccc2CCN1Cc1cnc(N2CCOCC2)nc1. The first-order valence-corrected chi connectivity index (χ1v) is 8.91. The summed E-state index contributed by atoms with van der Waals surface area (Å²) >= 11 is 0. The molecule has 1 saturated heterocycles. The number of anilines is 1. The van der Waals surface area contributed by atoms with Gasteiger partial charge in [-0.15, -0.1) is 0 Å². The lowest BCUT2D eigenvalue weighted by Gasteiger charge is -2.36. The van der Waals surface area contributed by atoms with Crippen LogP contribution in [0.1, 0.15) is 22.7 Å². The van der Waals surface area contributed by atoms with Crippen LogP contribution in [0, 0.1) is 0 Å². The zero-order valence-electron chi connectivity index (χ0n) is 14.3. The summed E-state index contributed by atoms with van der Waals surface area (Å²) in [6.45, 7) is 4.97. The first-order valence-electron chi connectivity index (χ1n) is 8.91. The molecule has 1 fully saturated rings. The third kappa shape index (κ3) is 3.51. The van der Waals surface area contributed by atoms with Gasteiger partial charge in [-0.25, -0.2) is 9.97 Å². The first kappa shape index (κ1) is 16.4. The summed E-state index contributed by atoms with van der Waals surface area (Å²) in [5.41, 5.74) is 3.66. The van der Waals surface area contributed by atoms with Crippen LogP contribution >= 0.6 is 0 Å². The molecule has 0 spiro atoms. The van der Waals surface area contributed by atoms with Crippen LogP contribution in [0.15, 0.2) is 36.7 Å². The fraction of sp³-hybridized carbons (Fsp3) is 0.474. The molecule has 1 aromatic heterocycles. The summed E-state index contributed by atoms with van der Waals surface area (Å²) in [6, 6.07) is 8.45. The third-order valence-corrected chi connectivity index (χ3v) is 5.07. The first-order chi connectivity index (χ1) is 12.3. The molecule has 132 valence electrons. The Morgan fingerprint density at radius 3 is 2.60 bits per heavy atom. The van der Waals surface area contributed by atoms with Crippen molar-refractivity contribution in [3.63, 3.8) is 0 Å². The van der Waals surface area contributed by atoms with Crippen LogP contribution in [0.4, 0.5) is 5.95 Å². The average molecular weight is 340 g/mol. The van der Waals surface area contributed by atoms with Crippen molar-refractivity contribution in [3.05, 3.63) is 53.3 Å². The molecule has 2 aliphatic rings. The number of hydrogen-bond acceptors (Lipinski definition) is 6. The number of fused-ring (bicyclic) bond motifs is 1. The van der Waals surface area contributed by atoms with Crippen molar-refractivity contribution in [1.82, 2.24) is 14.9 Å². The third-order valence-electron chi connectivity index (χ3n) is 5.07. The number of aliphatic hydroxyl groups is 1. The average Bonchev–Trinajstić information content (AvgIpc) is 2.69. The van der Waals surface area contributed by atoms with Gasteiger partial charge >= 0.3 is 0 Å². The fourth-order valence-corrected chi connectivity index (χ4v) is 3.70. The van der Waals surface area contributed by atoms with E-state index < -0.39 is 0 Å². The zero-order valence-corrected chi connectivity index (χ0v) is 14.3. The van der Waals surface area contributed by atoms with Crippen molar-refractivity contribution in [2.24, 2.45) is 0 Å². The van der Waals surface area contributed by atoms with Gasteiger partial charge in [-0.1, -0.05) is 24.3 Å². The van der Waals surface area contributed by atoms with Crippen molar-refractivity contribution < 1.29 is 9.84 Å². The molecular weight excluding hydrogens is 316 g/mol. The maximum absolute atomic E-state index is 9.91. The van der Waals surface area contributed by atoms with Crippen LogP contribution in [0.5, 0.6) is 0 Å². The Bertz CT molecular complexity index is 701. The second-order valence-corrected chi connectivity index (χ2v) is 6.61. The second-order valence-electron chi connectivity index (χ2n) is 6.61. The molecular formula is C19H24N4O2. The second kappa shape index (κ2) is 7.47. The van der Waals surface area contributed by atoms with Crippen LogP contribution in [0.3, 0.4) is 0 Å². The summed E-state index contributed by atoms with van der Waals surface area (Å²) < 4.78 is 5.37. The molecule has 0 bridgehead atoms. The molecule has 3 heterocycles. The lowest BCUT2D eigenvalue weighted by Crippen LogP contribution is -2.38. The Morgan fingerprint density at radius 1 is 1.08 bits per heavy atom. The van der Waals surface area contributed by atoms with Gasteiger partial charge in [0.15, 0.2) is 0 Å². The molecule has 1 N–H and O–H groups in total. The topological polar surface area (TPSA) is 61.7 Å². The lowest BCUT2D eigenvalue weighted by molar-refractivity contribution is 0.108. The van der Waals surface area contributed by atoms with Gasteiger partial charge in [-0.2, -0.15) is 0 Å². The Morgan fingerprint density at radius 2 is 1.84 bits per heavy atom. The maximum Gasteiger partial charge on any atom is 0.225 e. The molecule has 0 amide bonds. The van der Waals surface area contributed by atoms with Crippen LogP contribution in [-0.2, 0) is 17.7 Å². The predicted octanol–water partition coefficient (Wildman–Crippen LogP) is 1.40. The molecule has 6 heteroatoms. The van der Waals surface area contributed by atoms with Crippen molar-refractivity contribution in [2.75, 3.05) is 44.4 Å². The molecule has 25 heavy (non-hydrogen) atoms. The molecule has 2 aliphatic heterocycles. The van der Waals surface area contributed by atoms with Crippen molar-refractivity contribution in [2.45, 2.75) is 19.0 Å². The van der Waals surface area contributed by atoms with E-state index in [4.69, 9.17) is 4.74 Å². The Labute approximate surface area is 148 Å². The molecule has 1 unspecified atom stereocenters. The van der Waals surface area contributed by atoms with E-state index in [1.807, 2.05) is 18.5 Å². The number of nitrogens with zero attached hydrogens (tertiary/aromatic N) is 4. The smallest absolute Gasteiger partial charge is 0.225 e. The quantitative estimate of drug-likeness (QED) is 0.908. The van der Waals surface area contributed by atoms with E-state index in [-0.39, 0.29) is 12.6 Å². The Balaban J connectivity index is 1.46. The summed E-state index contributed by atoms with van der Waals surface area (Å²) in [6.07, 6.45) is 4.83. The molecule has 1 aromatic carbocycles. The highest BCUT2D eigenvalue weighted by Crippen LogP contribution is 2.30. The normalized spacial score (nSPS) is 21.2. The van der Waals surface area contributed by atoms with Gasteiger partial charge in [0.2, 0.25) is 5.95 Å². The van der Waals surface area contributed by atoms with Gasteiger partial charge < -0.3 is 14.7 Å². The van der Waals surface area contributed by atoms with Gasteiger partial charge in [0.25, 0.3) is 0 Å². The van der Waals surface area contributed by atoms with Gasteiger partial charge in [0.1, 0.15) is 0 Å². The highest BCUT2D eigenvalue weighted by atomic mass is 16.5. The highest BCUT2D eigenvalue weighted by molar-refractivity contribution is 5.33. The molecule has 0 radical (unpaired) electrons. The molecule has 4 rings (SSSR count). The molecule has 0 saturated carbocycles. The summed E-state index contributed by atoms with van der Waals surface area (Å²) in [5.74, 6) is 0.773. The van der Waals surface area contributed by atoms with Gasteiger partial charge in [-0.05, 0) is 17.5 Å². The summed E-state index contributed by atoms with van der Waals surface area (Å²) in [4.78, 5) is 13.5. The van der Waals surface area contributed by atoms with Crippen LogP contribution < -0.4 is 4.90 Å². The Hall–Kier alpha value is -2.02. The molecule has 2 aromatic rings. The van der Waals surface area contributed by atoms with E-state index >= 15 is 0 Å². The Kier molecular flexibility index (Phi) is 4.92. The molecule has 0 aliphatic carbocycles. The number of benzene rings is 1. The van der Waals surface area contributed by atoms with Crippen molar-refractivity contribution in [3.8, 4) is 0 Å². The van der Waals surface area contributed by atoms with Crippen LogP contribution in [0.25, 0.3) is 0 Å². The maximum atomic E-state index is 9.91. The highest BCUT2D eigenvalue weighted by Gasteiger charge is 2.26. The lowest BCUT2D eigenvalue weighted by atomic mass is 9.93. The van der Waals surface area contributed by atoms with E-state index in [2.05, 4.69) is 38.0 Å². The van der Waals surface area contributed by atoms with E-state index in [0.717, 1.165) is 57.3 Å². The predicted molar refractivity (Wildman–Crippen MR) is 95.4 cm³/mol. The number of morpholine rings is 1. The zero-order chi connectivity index (χ0) is 17.1. The van der Waals surface area contributed by atoms with Crippen molar-refractivity contribution in [1.29, 1.82) is 0 Å². The largest absolute Gasteiger partial charge is 0.394 e. The fourth-order valence-electron chi connectivity index (χ4n) is 3.70. The standard InChI is InChI=1S/C19H24N4O2/c24-14-18-17-4-2-1-3-16(17)5-6-23(18)13-15-11-20-19(21-12-15)22-7-9-25-10-8-22/h1-4,11-12,18,24H,5-10,13-14H2. The van der Waals surface area contributed by atoms with E-state index in [1.165, 1.54) is 11.1 Å². The minimum Gasteiger partial charge on any atom is -0.394 e. The number of ether oxygens (including phenoxy) is 1. The molecule has 6 nitrogen and oxygen atoms in total. The van der Waals surface area contributed by atoms with Gasteiger partial charge in [0, 0.05) is 44.1 Å². The van der Waals surface area contributed by atoms with Crippen LogP contribution in [0.2, 0.25) is 0 Å². The number of aliphatic hydroxyl groups excluding tert-OH is 1. The monoisotopic (exact) mass is 340 g/mol. The van der Waals surface area contributed by atoms with Crippen LogP contribution in [-0.4, -0.2) is 59.4 Å². The van der Waals surface area contributed by atoms with Gasteiger partial charge in [0.05, 0.1) is 25.9 Å². The van der Waals surface area contributed by atoms with Gasteiger partial charge in [-0.3, -0.25) is 4.90 Å². The summed E-state index contributed by atoms with van der Waals surface area (Å²) in [5, 5.41) is 9.91. The van der Waals surface area contributed by atoms with E-state index in [1.54, 1.807) is 0 Å². The van der Waals surface area contributed by atoms with Crippen molar-refractivity contribution >= 4 is 5.95 Å². The van der Waals surface area contributed by atoms with E-state index in [9.17, 15) is 5.11 Å². The minimum absolute atomic E-state index is 0.0452. The number of aromatic nitrogens is 2. The number of hydrogen-bond donors (Lipinski definition) is 1. The minimum atomic E-state index is 0.0452. The number of rotatable bonds is 4. The summed E-state index contributed by atoms with van der Waals surface area (Å²) in [7, 11) is 0. The molecule has 1 atom stereocenters.